The van der Waals surface area contributed by atoms with Gasteiger partial charge in [0.25, 0.3) is 0 Å². The van der Waals surface area contributed by atoms with E-state index in [1.54, 1.807) is 6.07 Å². The van der Waals surface area contributed by atoms with Crippen molar-refractivity contribution in [2.24, 2.45) is 0 Å². The topological polar surface area (TPSA) is 75.6 Å². The standard InChI is InChI=1S/C15H13NO4/c1-2-7-20-15(19)16-13-9-11-6-4-3-5-10(11)8-12(13)14(17)18/h2-6,8-9H,1,7H2,(H,16,19)(H,17,18). The van der Waals surface area contributed by atoms with Crippen molar-refractivity contribution in [3.63, 3.8) is 0 Å². The van der Waals surface area contributed by atoms with Crippen LogP contribution in [-0.4, -0.2) is 23.8 Å². The summed E-state index contributed by atoms with van der Waals surface area (Å²) < 4.78 is 4.78. The second kappa shape index (κ2) is 5.88. The van der Waals surface area contributed by atoms with E-state index in [1.807, 2.05) is 24.3 Å². The highest BCUT2D eigenvalue weighted by Gasteiger charge is 2.14. The van der Waals surface area contributed by atoms with Crippen LogP contribution in [-0.2, 0) is 4.74 Å². The van der Waals surface area contributed by atoms with Gasteiger partial charge in [-0.3, -0.25) is 5.32 Å². The largest absolute Gasteiger partial charge is 0.478 e. The number of carboxylic acids is 1. The molecule has 2 aromatic rings. The van der Waals surface area contributed by atoms with Gasteiger partial charge in [-0.25, -0.2) is 9.59 Å². The van der Waals surface area contributed by atoms with Crippen LogP contribution in [0.25, 0.3) is 10.8 Å². The fourth-order valence-corrected chi connectivity index (χ4v) is 1.80. The number of carbonyl (C=O) groups excluding carboxylic acids is 1. The molecule has 1 amide bonds. The zero-order valence-corrected chi connectivity index (χ0v) is 10.6. The van der Waals surface area contributed by atoms with Gasteiger partial charge in [0.2, 0.25) is 0 Å². The number of aromatic carboxylic acids is 1. The van der Waals surface area contributed by atoms with Crippen LogP contribution in [0.2, 0.25) is 0 Å². The number of rotatable bonds is 4. The molecule has 0 saturated heterocycles. The van der Waals surface area contributed by atoms with Crippen molar-refractivity contribution in [1.29, 1.82) is 0 Å². The lowest BCUT2D eigenvalue weighted by Gasteiger charge is -2.10. The summed E-state index contributed by atoms with van der Waals surface area (Å²) in [5.74, 6) is -1.12. The molecule has 0 spiro atoms. The van der Waals surface area contributed by atoms with Gasteiger partial charge in [0.1, 0.15) is 6.61 Å². The average Bonchev–Trinajstić information content (AvgIpc) is 2.44. The van der Waals surface area contributed by atoms with Crippen LogP contribution >= 0.6 is 0 Å². The molecule has 0 aliphatic carbocycles. The number of anilines is 1. The first kappa shape index (κ1) is 13.6. The Morgan fingerprint density at radius 2 is 1.90 bits per heavy atom. The molecular weight excluding hydrogens is 258 g/mol. The molecule has 102 valence electrons. The molecule has 0 heterocycles. The summed E-state index contributed by atoms with van der Waals surface area (Å²) >= 11 is 0. The van der Waals surface area contributed by atoms with Gasteiger partial charge in [-0.05, 0) is 22.9 Å². The summed E-state index contributed by atoms with van der Waals surface area (Å²) in [6.07, 6.45) is 0.709. The van der Waals surface area contributed by atoms with Crippen molar-refractivity contribution in [3.8, 4) is 0 Å². The van der Waals surface area contributed by atoms with Crippen LogP contribution in [0.3, 0.4) is 0 Å². The van der Waals surface area contributed by atoms with Crippen LogP contribution in [0.4, 0.5) is 10.5 Å². The molecule has 0 aliphatic rings. The number of hydrogen-bond donors (Lipinski definition) is 2. The fourth-order valence-electron chi connectivity index (χ4n) is 1.80. The highest BCUT2D eigenvalue weighted by atomic mass is 16.5. The molecule has 0 unspecified atom stereocenters. The number of hydrogen-bond acceptors (Lipinski definition) is 3. The first-order chi connectivity index (χ1) is 9.61. The van der Waals surface area contributed by atoms with Gasteiger partial charge < -0.3 is 9.84 Å². The molecule has 5 nitrogen and oxygen atoms in total. The zero-order valence-electron chi connectivity index (χ0n) is 10.6. The molecule has 2 N–H and O–H groups in total. The third-order valence-corrected chi connectivity index (χ3v) is 2.69. The van der Waals surface area contributed by atoms with Gasteiger partial charge in [0.05, 0.1) is 11.3 Å². The van der Waals surface area contributed by atoms with Crippen molar-refractivity contribution in [2.45, 2.75) is 0 Å². The van der Waals surface area contributed by atoms with Gasteiger partial charge in [-0.2, -0.15) is 0 Å². The zero-order chi connectivity index (χ0) is 14.5. The van der Waals surface area contributed by atoms with Crippen molar-refractivity contribution in [3.05, 3.63) is 54.6 Å². The molecule has 0 saturated carbocycles. The monoisotopic (exact) mass is 271 g/mol. The van der Waals surface area contributed by atoms with E-state index >= 15 is 0 Å². The average molecular weight is 271 g/mol. The molecule has 0 radical (unpaired) electrons. The minimum absolute atomic E-state index is 0.0132. The summed E-state index contributed by atoms with van der Waals surface area (Å²) in [5, 5.41) is 13.3. The smallest absolute Gasteiger partial charge is 0.411 e. The van der Waals surface area contributed by atoms with E-state index in [4.69, 9.17) is 4.74 Å². The second-order valence-corrected chi connectivity index (χ2v) is 4.06. The number of carbonyl (C=O) groups is 2. The number of amides is 1. The highest BCUT2D eigenvalue weighted by Crippen LogP contribution is 2.24. The van der Waals surface area contributed by atoms with Crippen molar-refractivity contribution >= 4 is 28.5 Å². The maximum absolute atomic E-state index is 11.5. The van der Waals surface area contributed by atoms with Crippen molar-refractivity contribution < 1.29 is 19.4 Å². The number of benzene rings is 2. The summed E-state index contributed by atoms with van der Waals surface area (Å²) in [6.45, 7) is 3.48. The summed E-state index contributed by atoms with van der Waals surface area (Å²) in [7, 11) is 0. The molecule has 5 heteroatoms. The minimum Gasteiger partial charge on any atom is -0.478 e. The molecule has 2 aromatic carbocycles. The van der Waals surface area contributed by atoms with Gasteiger partial charge in [-0.15, -0.1) is 0 Å². The molecule has 0 aliphatic heterocycles. The number of carboxylic acid groups (broad SMARTS) is 1. The predicted octanol–water partition coefficient (Wildman–Crippen LogP) is 3.27. The first-order valence-corrected chi connectivity index (χ1v) is 5.92. The molecule has 2 rings (SSSR count). The van der Waals surface area contributed by atoms with E-state index in [2.05, 4.69) is 11.9 Å². The minimum atomic E-state index is -1.12. The Balaban J connectivity index is 2.39. The molecule has 20 heavy (non-hydrogen) atoms. The highest BCUT2D eigenvalue weighted by molar-refractivity contribution is 6.04. The van der Waals surface area contributed by atoms with E-state index < -0.39 is 12.1 Å². The van der Waals surface area contributed by atoms with Gasteiger partial charge in [0, 0.05) is 0 Å². The van der Waals surface area contributed by atoms with E-state index in [0.29, 0.717) is 0 Å². The molecule has 0 bridgehead atoms. The number of nitrogens with one attached hydrogen (secondary N) is 1. The molecular formula is C15H13NO4. The predicted molar refractivity (Wildman–Crippen MR) is 76.1 cm³/mol. The maximum Gasteiger partial charge on any atom is 0.411 e. The summed E-state index contributed by atoms with van der Waals surface area (Å²) in [4.78, 5) is 22.8. The lowest BCUT2D eigenvalue weighted by molar-refractivity contribution is 0.0698. The Hall–Kier alpha value is -2.82. The Morgan fingerprint density at radius 1 is 1.25 bits per heavy atom. The molecule has 0 atom stereocenters. The van der Waals surface area contributed by atoms with Crippen molar-refractivity contribution in [2.75, 3.05) is 11.9 Å². The van der Waals surface area contributed by atoms with Gasteiger partial charge in [0.15, 0.2) is 0 Å². The van der Waals surface area contributed by atoms with Crippen molar-refractivity contribution in [1.82, 2.24) is 0 Å². The Morgan fingerprint density at radius 3 is 2.50 bits per heavy atom. The molecule has 0 aromatic heterocycles. The Kier molecular flexibility index (Phi) is 4.00. The third kappa shape index (κ3) is 2.95. The lowest BCUT2D eigenvalue weighted by Crippen LogP contribution is -2.16. The second-order valence-electron chi connectivity index (χ2n) is 4.06. The maximum atomic E-state index is 11.5. The quantitative estimate of drug-likeness (QED) is 0.837. The lowest BCUT2D eigenvalue weighted by atomic mass is 10.0. The van der Waals surface area contributed by atoms with Crippen LogP contribution in [0.1, 0.15) is 10.4 Å². The summed E-state index contributed by atoms with van der Waals surface area (Å²) in [5.41, 5.74) is 0.213. The fraction of sp³-hybridized carbons (Fsp3) is 0.0667. The number of ether oxygens (including phenoxy) is 1. The van der Waals surface area contributed by atoms with Crippen LogP contribution in [0.15, 0.2) is 49.1 Å². The van der Waals surface area contributed by atoms with Gasteiger partial charge >= 0.3 is 12.1 Å². The first-order valence-electron chi connectivity index (χ1n) is 5.92. The summed E-state index contributed by atoms with van der Waals surface area (Å²) in [6, 6.07) is 10.4. The van der Waals surface area contributed by atoms with E-state index in [0.717, 1.165) is 10.8 Å². The van der Waals surface area contributed by atoms with E-state index in [9.17, 15) is 14.7 Å². The Bertz CT molecular complexity index is 679. The molecule has 0 fully saturated rings. The van der Waals surface area contributed by atoms with Crippen LogP contribution < -0.4 is 5.32 Å². The third-order valence-electron chi connectivity index (χ3n) is 2.69. The SMILES string of the molecule is C=CCOC(=O)Nc1cc2ccccc2cc1C(=O)O. The van der Waals surface area contributed by atoms with E-state index in [1.165, 1.54) is 12.1 Å². The Labute approximate surface area is 115 Å². The van der Waals surface area contributed by atoms with Crippen LogP contribution in [0.5, 0.6) is 0 Å². The van der Waals surface area contributed by atoms with Crippen LogP contribution in [0, 0.1) is 0 Å². The van der Waals surface area contributed by atoms with Gasteiger partial charge in [-0.1, -0.05) is 36.9 Å². The van der Waals surface area contributed by atoms with E-state index in [-0.39, 0.29) is 17.9 Å². The normalized spacial score (nSPS) is 10.0. The number of fused-ring (bicyclic) bond motifs is 1.